The maximum absolute atomic E-state index is 13.1. The van der Waals surface area contributed by atoms with Crippen LogP contribution in [-0.4, -0.2) is 25.5 Å². The van der Waals surface area contributed by atoms with E-state index in [4.69, 9.17) is 5.73 Å². The first kappa shape index (κ1) is 12.9. The molecule has 3 heterocycles. The summed E-state index contributed by atoms with van der Waals surface area (Å²) >= 11 is 0. The van der Waals surface area contributed by atoms with E-state index < -0.39 is 17.5 Å². The largest absolute Gasteiger partial charge is 0.381 e. The van der Waals surface area contributed by atoms with Crippen LogP contribution < -0.4 is 11.1 Å². The SMILES string of the molecule is Nc1nn2cc(F)cnc2c1C(=O)Nc1cncc(F)c1. The minimum absolute atomic E-state index is 0.0285. The first-order chi connectivity index (χ1) is 10.0. The summed E-state index contributed by atoms with van der Waals surface area (Å²) < 4.78 is 27.1. The van der Waals surface area contributed by atoms with Crippen LogP contribution in [0.15, 0.2) is 30.9 Å². The summed E-state index contributed by atoms with van der Waals surface area (Å²) in [5, 5.41) is 6.22. The maximum atomic E-state index is 13.1. The van der Waals surface area contributed by atoms with Gasteiger partial charge in [-0.05, 0) is 0 Å². The van der Waals surface area contributed by atoms with Gasteiger partial charge in [0.05, 0.1) is 30.5 Å². The molecule has 0 aliphatic carbocycles. The monoisotopic (exact) mass is 290 g/mol. The Balaban J connectivity index is 2.00. The average Bonchev–Trinajstić information content (AvgIpc) is 2.73. The van der Waals surface area contributed by atoms with Crippen molar-refractivity contribution in [1.82, 2.24) is 19.6 Å². The van der Waals surface area contributed by atoms with Gasteiger partial charge in [-0.2, -0.15) is 0 Å². The predicted octanol–water partition coefficient (Wildman–Crippen LogP) is 1.24. The molecule has 106 valence electrons. The van der Waals surface area contributed by atoms with Crippen molar-refractivity contribution in [2.45, 2.75) is 0 Å². The Labute approximate surface area is 116 Å². The fourth-order valence-corrected chi connectivity index (χ4v) is 1.82. The highest BCUT2D eigenvalue weighted by Crippen LogP contribution is 2.18. The molecule has 0 bridgehead atoms. The van der Waals surface area contributed by atoms with Crippen LogP contribution >= 0.6 is 0 Å². The number of halogens is 2. The molecule has 0 fully saturated rings. The predicted molar refractivity (Wildman–Crippen MR) is 69.5 cm³/mol. The zero-order chi connectivity index (χ0) is 15.0. The minimum atomic E-state index is -0.644. The standard InChI is InChI=1S/C12H8F2N6O/c13-6-1-8(4-16-2-6)18-12(21)9-10(15)19-20-5-7(14)3-17-11(9)20/h1-5H,(H2,15,19)(H,18,21). The van der Waals surface area contributed by atoms with Crippen molar-refractivity contribution in [2.75, 3.05) is 11.1 Å². The number of nitrogens with zero attached hydrogens (tertiary/aromatic N) is 4. The summed E-state index contributed by atoms with van der Waals surface area (Å²) in [6, 6.07) is 1.10. The van der Waals surface area contributed by atoms with Crippen molar-refractivity contribution in [2.24, 2.45) is 0 Å². The average molecular weight is 290 g/mol. The molecular weight excluding hydrogens is 282 g/mol. The molecule has 3 rings (SSSR count). The van der Waals surface area contributed by atoms with Crippen molar-refractivity contribution in [3.63, 3.8) is 0 Å². The van der Waals surface area contributed by atoms with E-state index in [-0.39, 0.29) is 22.7 Å². The van der Waals surface area contributed by atoms with E-state index in [2.05, 4.69) is 20.4 Å². The molecule has 0 aliphatic heterocycles. The fourth-order valence-electron chi connectivity index (χ4n) is 1.82. The molecule has 0 aromatic carbocycles. The number of hydrogen-bond donors (Lipinski definition) is 2. The molecule has 3 aromatic rings. The normalized spacial score (nSPS) is 10.8. The van der Waals surface area contributed by atoms with Crippen molar-refractivity contribution in [3.8, 4) is 0 Å². The topological polar surface area (TPSA) is 98.2 Å². The second kappa shape index (κ2) is 4.78. The van der Waals surface area contributed by atoms with Gasteiger partial charge in [0.15, 0.2) is 17.3 Å². The highest BCUT2D eigenvalue weighted by Gasteiger charge is 2.19. The Morgan fingerprint density at radius 2 is 2.05 bits per heavy atom. The Hall–Kier alpha value is -3.10. The third-order valence-electron chi connectivity index (χ3n) is 2.66. The van der Waals surface area contributed by atoms with E-state index in [1.54, 1.807) is 0 Å². The summed E-state index contributed by atoms with van der Waals surface area (Å²) in [6.45, 7) is 0. The molecule has 9 heteroatoms. The zero-order valence-corrected chi connectivity index (χ0v) is 10.4. The number of fused-ring (bicyclic) bond motifs is 1. The van der Waals surface area contributed by atoms with E-state index >= 15 is 0 Å². The zero-order valence-electron chi connectivity index (χ0n) is 10.4. The van der Waals surface area contributed by atoms with Gasteiger partial charge in [0, 0.05) is 6.07 Å². The maximum Gasteiger partial charge on any atom is 0.263 e. The van der Waals surface area contributed by atoms with E-state index in [0.29, 0.717) is 0 Å². The minimum Gasteiger partial charge on any atom is -0.381 e. The molecule has 0 radical (unpaired) electrons. The van der Waals surface area contributed by atoms with Gasteiger partial charge in [-0.25, -0.2) is 18.3 Å². The summed E-state index contributed by atoms with van der Waals surface area (Å²) in [5.41, 5.74) is 5.86. The van der Waals surface area contributed by atoms with Crippen LogP contribution in [0.1, 0.15) is 10.4 Å². The summed E-state index contributed by atoms with van der Waals surface area (Å²) in [6.07, 6.45) is 4.26. The van der Waals surface area contributed by atoms with E-state index in [0.717, 1.165) is 29.2 Å². The van der Waals surface area contributed by atoms with E-state index in [1.807, 2.05) is 0 Å². The van der Waals surface area contributed by atoms with Crippen LogP contribution in [0.3, 0.4) is 0 Å². The van der Waals surface area contributed by atoms with Gasteiger partial charge < -0.3 is 11.1 Å². The highest BCUT2D eigenvalue weighted by molar-refractivity contribution is 6.11. The van der Waals surface area contributed by atoms with Crippen molar-refractivity contribution < 1.29 is 13.6 Å². The van der Waals surface area contributed by atoms with Gasteiger partial charge in [0.2, 0.25) is 0 Å². The van der Waals surface area contributed by atoms with Gasteiger partial charge in [0.1, 0.15) is 11.4 Å². The van der Waals surface area contributed by atoms with Crippen molar-refractivity contribution >= 4 is 23.1 Å². The Bertz CT molecular complexity index is 847. The lowest BCUT2D eigenvalue weighted by Crippen LogP contribution is -2.14. The molecule has 0 unspecified atom stereocenters. The molecule has 0 spiro atoms. The van der Waals surface area contributed by atoms with Crippen LogP contribution in [0.2, 0.25) is 0 Å². The number of anilines is 2. The first-order valence-electron chi connectivity index (χ1n) is 5.76. The third kappa shape index (κ3) is 2.36. The van der Waals surface area contributed by atoms with Gasteiger partial charge in [0.25, 0.3) is 5.91 Å². The van der Waals surface area contributed by atoms with Crippen LogP contribution in [0, 0.1) is 11.6 Å². The lowest BCUT2D eigenvalue weighted by atomic mass is 10.2. The molecule has 0 saturated carbocycles. The number of nitrogens with one attached hydrogen (secondary N) is 1. The number of aromatic nitrogens is 4. The number of rotatable bonds is 2. The first-order valence-corrected chi connectivity index (χ1v) is 5.76. The molecule has 0 atom stereocenters. The van der Waals surface area contributed by atoms with Crippen molar-refractivity contribution in [3.05, 3.63) is 48.1 Å². The Kier molecular flexibility index (Phi) is 2.94. The summed E-state index contributed by atoms with van der Waals surface area (Å²) in [5.74, 6) is -1.98. The highest BCUT2D eigenvalue weighted by atomic mass is 19.1. The smallest absolute Gasteiger partial charge is 0.263 e. The van der Waals surface area contributed by atoms with Crippen LogP contribution in [0.4, 0.5) is 20.3 Å². The molecular formula is C12H8F2N6O. The van der Waals surface area contributed by atoms with Gasteiger partial charge in [-0.15, -0.1) is 5.10 Å². The van der Waals surface area contributed by atoms with E-state index in [9.17, 15) is 13.6 Å². The van der Waals surface area contributed by atoms with Gasteiger partial charge in [-0.3, -0.25) is 9.78 Å². The lowest BCUT2D eigenvalue weighted by Gasteiger charge is -2.03. The van der Waals surface area contributed by atoms with Gasteiger partial charge in [-0.1, -0.05) is 0 Å². The van der Waals surface area contributed by atoms with E-state index in [1.165, 1.54) is 6.20 Å². The van der Waals surface area contributed by atoms with Crippen LogP contribution in [0.25, 0.3) is 5.65 Å². The second-order valence-electron chi connectivity index (χ2n) is 4.15. The third-order valence-corrected chi connectivity index (χ3v) is 2.66. The number of hydrogen-bond acceptors (Lipinski definition) is 5. The number of amides is 1. The quantitative estimate of drug-likeness (QED) is 0.740. The molecule has 21 heavy (non-hydrogen) atoms. The number of carbonyl (C=O) groups excluding carboxylic acids is 1. The molecule has 3 N–H and O–H groups in total. The molecule has 7 nitrogen and oxygen atoms in total. The molecule has 3 aromatic heterocycles. The molecule has 1 amide bonds. The fraction of sp³-hybridized carbons (Fsp3) is 0. The van der Waals surface area contributed by atoms with Gasteiger partial charge >= 0.3 is 0 Å². The summed E-state index contributed by atoms with van der Waals surface area (Å²) in [7, 11) is 0. The number of nitrogens with two attached hydrogens (primary N) is 1. The Morgan fingerprint density at radius 1 is 1.24 bits per heavy atom. The molecule has 0 aliphatic rings. The Morgan fingerprint density at radius 3 is 2.81 bits per heavy atom. The van der Waals surface area contributed by atoms with Crippen LogP contribution in [0.5, 0.6) is 0 Å². The molecule has 0 saturated heterocycles. The van der Waals surface area contributed by atoms with Crippen LogP contribution in [-0.2, 0) is 0 Å². The van der Waals surface area contributed by atoms with Crippen molar-refractivity contribution in [1.29, 1.82) is 0 Å². The number of carbonyl (C=O) groups is 1. The second-order valence-corrected chi connectivity index (χ2v) is 4.15. The summed E-state index contributed by atoms with van der Waals surface area (Å²) in [4.78, 5) is 19.6. The number of pyridine rings is 1. The number of nitrogen functional groups attached to an aromatic ring is 1. The lowest BCUT2D eigenvalue weighted by molar-refractivity contribution is 0.102.